The first-order valence-corrected chi connectivity index (χ1v) is 7.46. The summed E-state index contributed by atoms with van der Waals surface area (Å²) in [5, 5.41) is 0. The predicted molar refractivity (Wildman–Crippen MR) is 82.9 cm³/mol. The maximum absolute atomic E-state index is 12.0. The molecule has 7 heteroatoms. The fourth-order valence-corrected chi connectivity index (χ4v) is 2.49. The van der Waals surface area contributed by atoms with E-state index in [0.717, 1.165) is 13.1 Å². The van der Waals surface area contributed by atoms with Gasteiger partial charge in [0.15, 0.2) is 6.61 Å². The normalized spacial score (nSPS) is 15.8. The smallest absolute Gasteiger partial charge is 0.339 e. The Balaban J connectivity index is 1.89. The van der Waals surface area contributed by atoms with Crippen molar-refractivity contribution in [1.82, 2.24) is 9.80 Å². The molecule has 1 aliphatic rings. The molecule has 2 rings (SSSR count). The topological polar surface area (TPSA) is 75.9 Å². The molecule has 1 aliphatic heterocycles. The Bertz CT molecular complexity index is 542. The van der Waals surface area contributed by atoms with Crippen LogP contribution in [-0.2, 0) is 9.53 Å². The van der Waals surface area contributed by atoms with E-state index in [9.17, 15) is 9.59 Å². The van der Waals surface area contributed by atoms with Gasteiger partial charge in [-0.25, -0.2) is 4.79 Å². The van der Waals surface area contributed by atoms with Crippen LogP contribution in [0.1, 0.15) is 10.4 Å². The van der Waals surface area contributed by atoms with Crippen molar-refractivity contribution in [1.29, 1.82) is 0 Å². The van der Waals surface area contributed by atoms with Crippen LogP contribution in [0.3, 0.4) is 0 Å². The van der Waals surface area contributed by atoms with Crippen molar-refractivity contribution in [2.75, 3.05) is 45.6 Å². The lowest BCUT2D eigenvalue weighted by atomic mass is 10.2. The van der Waals surface area contributed by atoms with E-state index in [0.29, 0.717) is 28.8 Å². The number of carbonyl (C=O) groups excluding carboxylic acids is 2. The molecule has 1 fully saturated rings. The van der Waals surface area contributed by atoms with Crippen molar-refractivity contribution in [3.8, 4) is 0 Å². The van der Waals surface area contributed by atoms with E-state index in [-0.39, 0.29) is 12.5 Å². The summed E-state index contributed by atoms with van der Waals surface area (Å²) < 4.78 is 5.56. The van der Waals surface area contributed by atoms with E-state index in [4.69, 9.17) is 10.5 Å². The lowest BCUT2D eigenvalue weighted by Crippen LogP contribution is -2.48. The number of nitrogens with two attached hydrogens (primary N) is 1. The number of likely N-dealkylation sites (N-methyl/N-ethyl adjacent to an activating group) is 1. The predicted octanol–water partition coefficient (Wildman–Crippen LogP) is 0.962. The molecule has 2 N–H and O–H groups in total. The number of nitrogens with zero attached hydrogens (tertiary/aromatic N) is 2. The zero-order chi connectivity index (χ0) is 15.4. The Hall–Kier alpha value is -1.60. The van der Waals surface area contributed by atoms with Crippen molar-refractivity contribution in [2.45, 2.75) is 0 Å². The summed E-state index contributed by atoms with van der Waals surface area (Å²) in [4.78, 5) is 27.8. The number of nitrogen functional groups attached to an aromatic ring is 1. The first-order chi connectivity index (χ1) is 9.99. The summed E-state index contributed by atoms with van der Waals surface area (Å²) >= 11 is 3.24. The van der Waals surface area contributed by atoms with Gasteiger partial charge in [-0.1, -0.05) is 6.07 Å². The Morgan fingerprint density at radius 2 is 1.95 bits per heavy atom. The molecule has 1 amide bonds. The largest absolute Gasteiger partial charge is 0.452 e. The molecule has 114 valence electrons. The fraction of sp³-hybridized carbons (Fsp3) is 0.429. The molecule has 0 saturated carbocycles. The zero-order valence-electron chi connectivity index (χ0n) is 11.8. The van der Waals surface area contributed by atoms with Crippen LogP contribution in [-0.4, -0.2) is 61.5 Å². The highest BCUT2D eigenvalue weighted by Crippen LogP contribution is 2.24. The molecule has 1 aromatic carbocycles. The van der Waals surface area contributed by atoms with Crippen LogP contribution in [0, 0.1) is 0 Å². The summed E-state index contributed by atoms with van der Waals surface area (Å²) in [5.41, 5.74) is 6.48. The molecular weight excluding hydrogens is 338 g/mol. The van der Waals surface area contributed by atoms with Gasteiger partial charge in [0.2, 0.25) is 0 Å². The van der Waals surface area contributed by atoms with Crippen LogP contribution in [0.25, 0.3) is 0 Å². The van der Waals surface area contributed by atoms with Gasteiger partial charge in [-0.15, -0.1) is 0 Å². The lowest BCUT2D eigenvalue weighted by molar-refractivity contribution is -0.136. The number of halogens is 1. The minimum Gasteiger partial charge on any atom is -0.452 e. The number of rotatable bonds is 3. The van der Waals surface area contributed by atoms with Crippen molar-refractivity contribution >= 4 is 33.5 Å². The Labute approximate surface area is 132 Å². The number of benzene rings is 1. The standard InChI is InChI=1S/C14H18BrN3O3/c1-17-5-7-18(8-6-17)12(19)9-21-14(20)10-3-2-4-11(16)13(10)15/h2-4H,5-9,16H2,1H3. The maximum atomic E-state index is 12.0. The molecule has 1 aromatic rings. The first-order valence-electron chi connectivity index (χ1n) is 6.66. The minimum absolute atomic E-state index is 0.170. The van der Waals surface area contributed by atoms with Gasteiger partial charge in [-0.3, -0.25) is 4.79 Å². The average Bonchev–Trinajstić information content (AvgIpc) is 2.48. The molecular formula is C14H18BrN3O3. The van der Waals surface area contributed by atoms with E-state index in [1.165, 1.54) is 0 Å². The first kappa shape index (κ1) is 15.8. The lowest BCUT2D eigenvalue weighted by Gasteiger charge is -2.32. The molecule has 21 heavy (non-hydrogen) atoms. The second kappa shape index (κ2) is 6.91. The van der Waals surface area contributed by atoms with E-state index in [1.807, 2.05) is 7.05 Å². The highest BCUT2D eigenvalue weighted by atomic mass is 79.9. The van der Waals surface area contributed by atoms with Crippen LogP contribution in [0.15, 0.2) is 22.7 Å². The van der Waals surface area contributed by atoms with Gasteiger partial charge < -0.3 is 20.3 Å². The highest BCUT2D eigenvalue weighted by molar-refractivity contribution is 9.10. The molecule has 0 aromatic heterocycles. The van der Waals surface area contributed by atoms with Gasteiger partial charge in [0.05, 0.1) is 10.0 Å². The van der Waals surface area contributed by atoms with E-state index in [2.05, 4.69) is 20.8 Å². The molecule has 0 unspecified atom stereocenters. The van der Waals surface area contributed by atoms with Crippen molar-refractivity contribution in [2.24, 2.45) is 0 Å². The molecule has 0 spiro atoms. The molecule has 0 atom stereocenters. The minimum atomic E-state index is -0.559. The third-order valence-corrected chi connectivity index (χ3v) is 4.32. The Morgan fingerprint density at radius 1 is 1.29 bits per heavy atom. The van der Waals surface area contributed by atoms with Gasteiger partial charge in [-0.05, 0) is 35.1 Å². The second-order valence-corrected chi connectivity index (χ2v) is 5.76. The summed E-state index contributed by atoms with van der Waals surface area (Å²) in [6.07, 6.45) is 0. The molecule has 6 nitrogen and oxygen atoms in total. The van der Waals surface area contributed by atoms with Crippen LogP contribution in [0.5, 0.6) is 0 Å². The number of ether oxygens (including phenoxy) is 1. The van der Waals surface area contributed by atoms with Crippen LogP contribution in [0.4, 0.5) is 5.69 Å². The highest BCUT2D eigenvalue weighted by Gasteiger charge is 2.21. The van der Waals surface area contributed by atoms with Gasteiger partial charge >= 0.3 is 5.97 Å². The quantitative estimate of drug-likeness (QED) is 0.645. The van der Waals surface area contributed by atoms with Crippen molar-refractivity contribution in [3.05, 3.63) is 28.2 Å². The van der Waals surface area contributed by atoms with Gasteiger partial charge in [-0.2, -0.15) is 0 Å². The van der Waals surface area contributed by atoms with E-state index in [1.54, 1.807) is 23.1 Å². The van der Waals surface area contributed by atoms with Crippen LogP contribution in [0.2, 0.25) is 0 Å². The SMILES string of the molecule is CN1CCN(C(=O)COC(=O)c2cccc(N)c2Br)CC1. The fourth-order valence-electron chi connectivity index (χ4n) is 2.06. The van der Waals surface area contributed by atoms with Gasteiger partial charge in [0.25, 0.3) is 5.91 Å². The summed E-state index contributed by atoms with van der Waals surface area (Å²) in [6, 6.07) is 4.94. The number of anilines is 1. The molecule has 1 saturated heterocycles. The summed E-state index contributed by atoms with van der Waals surface area (Å²) in [5.74, 6) is -0.729. The number of amides is 1. The number of carbonyl (C=O) groups is 2. The number of piperazine rings is 1. The van der Waals surface area contributed by atoms with Crippen molar-refractivity contribution < 1.29 is 14.3 Å². The number of hydrogen-bond donors (Lipinski definition) is 1. The molecule has 0 bridgehead atoms. The zero-order valence-corrected chi connectivity index (χ0v) is 13.4. The second-order valence-electron chi connectivity index (χ2n) is 4.97. The van der Waals surface area contributed by atoms with E-state index >= 15 is 0 Å². The Morgan fingerprint density at radius 3 is 2.62 bits per heavy atom. The monoisotopic (exact) mass is 355 g/mol. The summed E-state index contributed by atoms with van der Waals surface area (Å²) in [7, 11) is 2.01. The summed E-state index contributed by atoms with van der Waals surface area (Å²) in [6.45, 7) is 2.74. The van der Waals surface area contributed by atoms with Crippen molar-refractivity contribution in [3.63, 3.8) is 0 Å². The maximum Gasteiger partial charge on any atom is 0.339 e. The van der Waals surface area contributed by atoms with Crippen LogP contribution < -0.4 is 5.73 Å². The molecule has 1 heterocycles. The number of esters is 1. The molecule has 0 aliphatic carbocycles. The number of hydrogen-bond acceptors (Lipinski definition) is 5. The van der Waals surface area contributed by atoms with E-state index < -0.39 is 5.97 Å². The third kappa shape index (κ3) is 3.95. The third-order valence-electron chi connectivity index (χ3n) is 3.43. The van der Waals surface area contributed by atoms with Gasteiger partial charge in [0.1, 0.15) is 0 Å². The Kier molecular flexibility index (Phi) is 5.19. The van der Waals surface area contributed by atoms with Crippen LogP contribution >= 0.6 is 15.9 Å². The average molecular weight is 356 g/mol. The van der Waals surface area contributed by atoms with Gasteiger partial charge in [0, 0.05) is 31.9 Å². The molecule has 0 radical (unpaired) electrons.